The molecule has 0 saturated heterocycles. The normalized spacial score (nSPS) is 16.0. The van der Waals surface area contributed by atoms with Crippen LogP contribution in [0.2, 0.25) is 0 Å². The van der Waals surface area contributed by atoms with Crippen LogP contribution in [-0.2, 0) is 22.3 Å². The molecular weight excluding hydrogens is 378 g/mol. The Morgan fingerprint density at radius 2 is 1.89 bits per heavy atom. The Morgan fingerprint density at radius 1 is 1.14 bits per heavy atom. The molecule has 4 rings (SSSR count). The second kappa shape index (κ2) is 7.55. The largest absolute Gasteiger partial charge is 0.486 e. The van der Waals surface area contributed by atoms with E-state index in [1.165, 1.54) is 6.20 Å². The Bertz CT molecular complexity index is 1060. The molecule has 0 fully saturated rings. The third-order valence-electron chi connectivity index (χ3n) is 4.34. The summed E-state index contributed by atoms with van der Waals surface area (Å²) in [5.74, 6) is 1.34. The average Bonchev–Trinajstić information content (AvgIpc) is 3.09. The van der Waals surface area contributed by atoms with E-state index < -0.39 is 10.0 Å². The van der Waals surface area contributed by atoms with Gasteiger partial charge in [-0.25, -0.2) is 8.42 Å². The zero-order chi connectivity index (χ0) is 19.6. The van der Waals surface area contributed by atoms with E-state index >= 15 is 0 Å². The molecule has 1 unspecified atom stereocenters. The number of aromatic nitrogens is 2. The van der Waals surface area contributed by atoms with Crippen LogP contribution in [0.1, 0.15) is 11.1 Å². The van der Waals surface area contributed by atoms with E-state index in [1.807, 2.05) is 55.5 Å². The number of nitrogens with zero attached hydrogens (tertiary/aromatic N) is 2. The van der Waals surface area contributed by atoms with Crippen LogP contribution in [0.15, 0.2) is 60.9 Å². The Labute approximate surface area is 164 Å². The fourth-order valence-electron chi connectivity index (χ4n) is 3.00. The smallest absolute Gasteiger partial charge is 0.237 e. The summed E-state index contributed by atoms with van der Waals surface area (Å²) in [6, 6.07) is 14.9. The summed E-state index contributed by atoms with van der Waals surface area (Å²) in [4.78, 5) is 0. The number of sulfonamides is 1. The summed E-state index contributed by atoms with van der Waals surface area (Å²) >= 11 is 0. The highest BCUT2D eigenvalue weighted by molar-refractivity contribution is 7.91. The standard InChI is InChI=1S/C20H21N3O4S/c1-15-6-8-16(9-7-15)14-28(24,25)22-17-10-21-23(11-17)12-18-13-26-19-4-2-3-5-20(19)27-18/h2-11,18,22H,12-14H2,1H3. The molecule has 0 aliphatic carbocycles. The van der Waals surface area contributed by atoms with Crippen molar-refractivity contribution >= 4 is 15.7 Å². The van der Waals surface area contributed by atoms with Crippen molar-refractivity contribution in [3.8, 4) is 11.5 Å². The molecule has 0 bridgehead atoms. The van der Waals surface area contributed by atoms with Crippen molar-refractivity contribution in [1.82, 2.24) is 9.78 Å². The molecule has 3 aromatic rings. The van der Waals surface area contributed by atoms with E-state index in [2.05, 4.69) is 9.82 Å². The van der Waals surface area contributed by atoms with Crippen molar-refractivity contribution in [2.75, 3.05) is 11.3 Å². The number of nitrogens with one attached hydrogen (secondary N) is 1. The summed E-state index contributed by atoms with van der Waals surface area (Å²) in [5.41, 5.74) is 2.24. The van der Waals surface area contributed by atoms with Gasteiger partial charge in [-0.05, 0) is 24.6 Å². The zero-order valence-corrected chi connectivity index (χ0v) is 16.2. The number of fused-ring (bicyclic) bond motifs is 1. The lowest BCUT2D eigenvalue weighted by Gasteiger charge is -2.26. The number of hydrogen-bond donors (Lipinski definition) is 1. The van der Waals surface area contributed by atoms with Crippen molar-refractivity contribution < 1.29 is 17.9 Å². The van der Waals surface area contributed by atoms with Gasteiger partial charge in [-0.1, -0.05) is 42.0 Å². The van der Waals surface area contributed by atoms with Crippen LogP contribution in [0.4, 0.5) is 5.69 Å². The Balaban J connectivity index is 1.37. The van der Waals surface area contributed by atoms with Gasteiger partial charge in [-0.15, -0.1) is 0 Å². The molecule has 1 aromatic heterocycles. The molecule has 1 atom stereocenters. The van der Waals surface area contributed by atoms with Crippen molar-refractivity contribution in [2.24, 2.45) is 0 Å². The van der Waals surface area contributed by atoms with E-state index in [1.54, 1.807) is 10.9 Å². The molecule has 2 aromatic carbocycles. The van der Waals surface area contributed by atoms with E-state index in [0.29, 0.717) is 24.6 Å². The number of benzene rings is 2. The highest BCUT2D eigenvalue weighted by Crippen LogP contribution is 2.31. The number of aryl methyl sites for hydroxylation is 1. The molecule has 0 spiro atoms. The number of anilines is 1. The maximum absolute atomic E-state index is 12.4. The fraction of sp³-hybridized carbons (Fsp3) is 0.250. The van der Waals surface area contributed by atoms with Crippen LogP contribution in [0.3, 0.4) is 0 Å². The summed E-state index contributed by atoms with van der Waals surface area (Å²) in [6.07, 6.45) is 2.94. The fourth-order valence-corrected chi connectivity index (χ4v) is 4.17. The number of ether oxygens (including phenoxy) is 2. The van der Waals surface area contributed by atoms with Crippen LogP contribution in [0, 0.1) is 6.92 Å². The molecule has 0 radical (unpaired) electrons. The monoisotopic (exact) mass is 399 g/mol. The third-order valence-corrected chi connectivity index (χ3v) is 5.60. The summed E-state index contributed by atoms with van der Waals surface area (Å²) in [6.45, 7) is 2.82. The predicted molar refractivity (Wildman–Crippen MR) is 106 cm³/mol. The molecule has 0 amide bonds. The van der Waals surface area contributed by atoms with Crippen molar-refractivity contribution in [1.29, 1.82) is 0 Å². The second-order valence-electron chi connectivity index (χ2n) is 6.80. The van der Waals surface area contributed by atoms with Crippen molar-refractivity contribution in [3.63, 3.8) is 0 Å². The Morgan fingerprint density at radius 3 is 2.68 bits per heavy atom. The summed E-state index contributed by atoms with van der Waals surface area (Å²) in [7, 11) is -3.52. The van der Waals surface area contributed by atoms with Crippen LogP contribution in [-0.4, -0.2) is 30.9 Å². The van der Waals surface area contributed by atoms with Gasteiger partial charge < -0.3 is 9.47 Å². The SMILES string of the molecule is Cc1ccc(CS(=O)(=O)Nc2cnn(CC3COc4ccccc4O3)c2)cc1. The van der Waals surface area contributed by atoms with Crippen LogP contribution >= 0.6 is 0 Å². The second-order valence-corrected chi connectivity index (χ2v) is 8.52. The summed E-state index contributed by atoms with van der Waals surface area (Å²) in [5, 5.41) is 4.22. The average molecular weight is 399 g/mol. The Hall–Kier alpha value is -3.00. The van der Waals surface area contributed by atoms with Gasteiger partial charge in [0, 0.05) is 6.20 Å². The molecular formula is C20H21N3O4S. The quantitative estimate of drug-likeness (QED) is 0.689. The zero-order valence-electron chi connectivity index (χ0n) is 15.4. The number of para-hydroxylation sites is 2. The maximum Gasteiger partial charge on any atom is 0.237 e. The minimum atomic E-state index is -3.52. The van der Waals surface area contributed by atoms with Crippen molar-refractivity contribution in [3.05, 3.63) is 72.1 Å². The lowest BCUT2D eigenvalue weighted by molar-refractivity contribution is 0.0759. The van der Waals surface area contributed by atoms with E-state index in [9.17, 15) is 8.42 Å². The van der Waals surface area contributed by atoms with Crippen LogP contribution < -0.4 is 14.2 Å². The molecule has 8 heteroatoms. The van der Waals surface area contributed by atoms with E-state index in [4.69, 9.17) is 9.47 Å². The molecule has 146 valence electrons. The van der Waals surface area contributed by atoms with Crippen molar-refractivity contribution in [2.45, 2.75) is 25.3 Å². The molecule has 7 nitrogen and oxygen atoms in total. The topological polar surface area (TPSA) is 82.5 Å². The van der Waals surface area contributed by atoms with Gasteiger partial charge in [0.05, 0.1) is 24.2 Å². The molecule has 1 aliphatic rings. The first-order valence-corrected chi connectivity index (χ1v) is 10.6. The van der Waals surface area contributed by atoms with E-state index in [0.717, 1.165) is 16.9 Å². The van der Waals surface area contributed by atoms with Gasteiger partial charge in [0.25, 0.3) is 0 Å². The molecule has 2 heterocycles. The molecule has 1 N–H and O–H groups in total. The lowest BCUT2D eigenvalue weighted by Crippen LogP contribution is -2.33. The third kappa shape index (κ3) is 4.45. The molecule has 28 heavy (non-hydrogen) atoms. The van der Waals surface area contributed by atoms with Gasteiger partial charge in [-0.2, -0.15) is 5.10 Å². The maximum atomic E-state index is 12.4. The van der Waals surface area contributed by atoms with Gasteiger partial charge >= 0.3 is 0 Å². The van der Waals surface area contributed by atoms with Gasteiger partial charge in [-0.3, -0.25) is 9.40 Å². The first-order chi connectivity index (χ1) is 13.5. The number of rotatable bonds is 6. The summed E-state index contributed by atoms with van der Waals surface area (Å²) < 4.78 is 40.6. The minimum absolute atomic E-state index is 0.0885. The van der Waals surface area contributed by atoms with E-state index in [-0.39, 0.29) is 11.9 Å². The highest BCUT2D eigenvalue weighted by atomic mass is 32.2. The highest BCUT2D eigenvalue weighted by Gasteiger charge is 2.21. The van der Waals surface area contributed by atoms with Crippen LogP contribution in [0.25, 0.3) is 0 Å². The van der Waals surface area contributed by atoms with Gasteiger partial charge in [0.15, 0.2) is 17.6 Å². The number of hydrogen-bond acceptors (Lipinski definition) is 5. The molecule has 1 aliphatic heterocycles. The van der Waals surface area contributed by atoms with Gasteiger partial charge in [0.1, 0.15) is 6.61 Å². The van der Waals surface area contributed by atoms with Crippen LogP contribution in [0.5, 0.6) is 11.5 Å². The minimum Gasteiger partial charge on any atom is -0.486 e. The first-order valence-electron chi connectivity index (χ1n) is 8.94. The lowest BCUT2D eigenvalue weighted by atomic mass is 10.2. The molecule has 0 saturated carbocycles. The van der Waals surface area contributed by atoms with Gasteiger partial charge in [0.2, 0.25) is 10.0 Å². The Kier molecular flexibility index (Phi) is 4.95. The predicted octanol–water partition coefficient (Wildman–Crippen LogP) is 2.97. The first kappa shape index (κ1) is 18.4.